The lowest BCUT2D eigenvalue weighted by Gasteiger charge is -2.31. The first-order valence-electron chi connectivity index (χ1n) is 23.2. The van der Waals surface area contributed by atoms with Crippen LogP contribution in [0, 0.1) is 0 Å². The van der Waals surface area contributed by atoms with Crippen molar-refractivity contribution in [3.8, 4) is 44.5 Å². The molecule has 2 heteroatoms. The van der Waals surface area contributed by atoms with Crippen molar-refractivity contribution in [2.45, 2.75) is 52.4 Å². The van der Waals surface area contributed by atoms with Gasteiger partial charge in [0.1, 0.15) is 0 Å². The minimum atomic E-state index is -0.0127. The van der Waals surface area contributed by atoms with Crippen LogP contribution < -0.4 is 4.90 Å². The Bertz CT molecular complexity index is 3570. The van der Waals surface area contributed by atoms with Crippen molar-refractivity contribution in [1.29, 1.82) is 0 Å². The predicted molar refractivity (Wildman–Crippen MR) is 288 cm³/mol. The van der Waals surface area contributed by atoms with Crippen LogP contribution in [0.3, 0.4) is 0 Å². The van der Waals surface area contributed by atoms with Gasteiger partial charge in [0.25, 0.3) is 0 Å². The first kappa shape index (κ1) is 41.4. The summed E-state index contributed by atoms with van der Waals surface area (Å²) in [5.41, 5.74) is 15.7. The smallest absolute Gasteiger partial charge is 0.0640 e. The molecular weight excluding hydrogens is 815 g/mol. The molecule has 0 aliphatic heterocycles. The van der Waals surface area contributed by atoms with Crippen molar-refractivity contribution in [3.63, 3.8) is 0 Å². The highest BCUT2D eigenvalue weighted by atomic mass is 32.1. The van der Waals surface area contributed by atoms with E-state index < -0.39 is 0 Å². The zero-order valence-electron chi connectivity index (χ0n) is 38.6. The molecule has 1 heterocycles. The summed E-state index contributed by atoms with van der Waals surface area (Å²) in [6.45, 7) is 14.0. The van der Waals surface area contributed by atoms with Crippen molar-refractivity contribution >= 4 is 70.1 Å². The van der Waals surface area contributed by atoms with Gasteiger partial charge < -0.3 is 4.90 Å². The van der Waals surface area contributed by atoms with E-state index in [1.54, 1.807) is 0 Å². The molecule has 66 heavy (non-hydrogen) atoms. The third-order valence-corrected chi connectivity index (χ3v) is 14.6. The minimum absolute atomic E-state index is 0.0127. The van der Waals surface area contributed by atoms with Gasteiger partial charge in [-0.2, -0.15) is 0 Å². The Morgan fingerprint density at radius 3 is 1.65 bits per heavy atom. The number of thiophene rings is 1. The lowest BCUT2D eigenvalue weighted by molar-refractivity contribution is 0.569. The molecule has 320 valence electrons. The average Bonchev–Trinajstić information content (AvgIpc) is 3.73. The molecule has 1 nitrogen and oxygen atoms in total. The van der Waals surface area contributed by atoms with E-state index in [2.05, 4.69) is 259 Å². The molecule has 0 spiro atoms. The first-order chi connectivity index (χ1) is 32.0. The molecule has 0 unspecified atom stereocenters. The van der Waals surface area contributed by atoms with E-state index in [1.165, 1.54) is 97.4 Å². The van der Waals surface area contributed by atoms with Crippen LogP contribution in [0.15, 0.2) is 212 Å². The van der Waals surface area contributed by atoms with Gasteiger partial charge in [-0.15, -0.1) is 11.3 Å². The highest BCUT2D eigenvalue weighted by molar-refractivity contribution is 7.26. The van der Waals surface area contributed by atoms with E-state index in [4.69, 9.17) is 0 Å². The average molecular weight is 868 g/mol. The van der Waals surface area contributed by atoms with Gasteiger partial charge in [-0.05, 0) is 101 Å². The molecule has 0 bridgehead atoms. The van der Waals surface area contributed by atoms with Crippen molar-refractivity contribution in [3.05, 3.63) is 223 Å². The fourth-order valence-corrected chi connectivity index (χ4v) is 11.1. The molecule has 0 radical (unpaired) electrons. The Morgan fingerprint density at radius 1 is 0.333 bits per heavy atom. The van der Waals surface area contributed by atoms with Gasteiger partial charge in [0.15, 0.2) is 0 Å². The summed E-state index contributed by atoms with van der Waals surface area (Å²) in [6, 6.07) is 79.2. The second-order valence-electron chi connectivity index (χ2n) is 19.7. The van der Waals surface area contributed by atoms with Crippen LogP contribution in [0.2, 0.25) is 0 Å². The molecule has 0 aliphatic carbocycles. The van der Waals surface area contributed by atoms with E-state index in [1.807, 2.05) is 11.3 Å². The maximum Gasteiger partial charge on any atom is 0.0640 e. The van der Waals surface area contributed by atoms with Crippen LogP contribution in [-0.2, 0) is 10.8 Å². The number of fused-ring (bicyclic) bond motifs is 5. The molecule has 1 aromatic heterocycles. The van der Waals surface area contributed by atoms with E-state index >= 15 is 0 Å². The van der Waals surface area contributed by atoms with Crippen LogP contribution >= 0.6 is 11.3 Å². The van der Waals surface area contributed by atoms with E-state index in [-0.39, 0.29) is 10.8 Å². The molecule has 0 saturated heterocycles. The van der Waals surface area contributed by atoms with Crippen molar-refractivity contribution in [2.24, 2.45) is 0 Å². The number of hydrogen-bond donors (Lipinski definition) is 0. The summed E-state index contributed by atoms with van der Waals surface area (Å²) in [6.07, 6.45) is 0. The predicted octanol–water partition coefficient (Wildman–Crippen LogP) is 19.1. The molecular formula is C64H53NS. The largest absolute Gasteiger partial charge is 0.308 e. The summed E-state index contributed by atoms with van der Waals surface area (Å²) in [5, 5.41) is 7.50. The Morgan fingerprint density at radius 2 is 0.894 bits per heavy atom. The highest BCUT2D eigenvalue weighted by Gasteiger charge is 2.27. The molecule has 0 atom stereocenters. The number of rotatable bonds is 7. The van der Waals surface area contributed by atoms with Crippen LogP contribution in [0.25, 0.3) is 86.2 Å². The fourth-order valence-electron chi connectivity index (χ4n) is 9.87. The van der Waals surface area contributed by atoms with Crippen molar-refractivity contribution < 1.29 is 0 Å². The summed E-state index contributed by atoms with van der Waals surface area (Å²) in [5.74, 6) is 0. The molecule has 10 aromatic carbocycles. The fraction of sp³-hybridized carbons (Fsp3) is 0.125. The van der Waals surface area contributed by atoms with Gasteiger partial charge in [-0.25, -0.2) is 0 Å². The van der Waals surface area contributed by atoms with Gasteiger partial charge in [0.05, 0.1) is 21.8 Å². The third-order valence-electron chi connectivity index (χ3n) is 13.4. The number of benzene rings is 10. The Labute approximate surface area is 393 Å². The number of para-hydroxylation sites is 1. The zero-order chi connectivity index (χ0) is 45.2. The second-order valence-corrected chi connectivity index (χ2v) is 20.8. The number of anilines is 3. The number of nitrogens with zero attached hydrogens (tertiary/aromatic N) is 1. The second kappa shape index (κ2) is 16.3. The zero-order valence-corrected chi connectivity index (χ0v) is 39.4. The lowest BCUT2D eigenvalue weighted by Crippen LogP contribution is -2.16. The minimum Gasteiger partial charge on any atom is -0.308 e. The summed E-state index contributed by atoms with van der Waals surface area (Å²) < 4.78 is 2.54. The Hall–Kier alpha value is -7.26. The standard InChI is InChI=1S/C64H53NS/c1-63(2,3)47-38-46(39-48(41-47)64(4,5)6)52-30-17-24-44-25-18-31-55(61(44)52)53-27-12-14-33-57(53)65(58-34-19-32-56-54-28-13-15-35-60(54)66-62(56)58)59-40-45(36-37-51(59)43-20-8-7-9-21-43)50-29-16-23-42-22-10-11-26-49(42)50/h7-41H,1-6H3. The Kier molecular flexibility index (Phi) is 10.2. The molecule has 0 N–H and O–H groups in total. The first-order valence-corrected chi connectivity index (χ1v) is 24.0. The van der Waals surface area contributed by atoms with Gasteiger partial charge in [0.2, 0.25) is 0 Å². The van der Waals surface area contributed by atoms with Crippen LogP contribution in [0.4, 0.5) is 17.1 Å². The van der Waals surface area contributed by atoms with Crippen LogP contribution in [0.1, 0.15) is 52.7 Å². The molecule has 0 aliphatic rings. The van der Waals surface area contributed by atoms with Gasteiger partial charge >= 0.3 is 0 Å². The van der Waals surface area contributed by atoms with Crippen LogP contribution in [-0.4, -0.2) is 0 Å². The summed E-state index contributed by atoms with van der Waals surface area (Å²) >= 11 is 1.88. The molecule has 11 rings (SSSR count). The van der Waals surface area contributed by atoms with Gasteiger partial charge in [-0.3, -0.25) is 0 Å². The number of hydrogen-bond acceptors (Lipinski definition) is 2. The molecule has 0 fully saturated rings. The molecule has 0 saturated carbocycles. The molecule has 0 amide bonds. The SMILES string of the molecule is CC(C)(C)c1cc(-c2cccc3cccc(-c4ccccc4N(c4cc(-c5cccc6ccccc56)ccc4-c4ccccc4)c4cccc5c4sc4ccccc45)c23)cc(C(C)(C)C)c1. The van der Waals surface area contributed by atoms with E-state index in [9.17, 15) is 0 Å². The topological polar surface area (TPSA) is 3.24 Å². The van der Waals surface area contributed by atoms with Gasteiger partial charge in [0, 0.05) is 26.6 Å². The summed E-state index contributed by atoms with van der Waals surface area (Å²) in [7, 11) is 0. The maximum atomic E-state index is 2.57. The maximum absolute atomic E-state index is 2.57. The summed E-state index contributed by atoms with van der Waals surface area (Å²) in [4.78, 5) is 2.57. The van der Waals surface area contributed by atoms with Crippen molar-refractivity contribution in [1.82, 2.24) is 0 Å². The molecule has 11 aromatic rings. The Balaban J connectivity index is 1.23. The van der Waals surface area contributed by atoms with Gasteiger partial charge in [-0.1, -0.05) is 230 Å². The lowest BCUT2D eigenvalue weighted by atomic mass is 9.78. The monoisotopic (exact) mass is 867 g/mol. The van der Waals surface area contributed by atoms with Crippen LogP contribution in [0.5, 0.6) is 0 Å². The normalized spacial score (nSPS) is 12.1. The quantitative estimate of drug-likeness (QED) is 0.154. The third kappa shape index (κ3) is 7.36. The van der Waals surface area contributed by atoms with E-state index in [0.717, 1.165) is 17.1 Å². The highest BCUT2D eigenvalue weighted by Crippen LogP contribution is 2.52. The van der Waals surface area contributed by atoms with E-state index in [0.29, 0.717) is 0 Å². The van der Waals surface area contributed by atoms with Crippen molar-refractivity contribution in [2.75, 3.05) is 4.90 Å².